The smallest absolute Gasteiger partial charge is 0.174 e. The summed E-state index contributed by atoms with van der Waals surface area (Å²) in [6, 6.07) is 0. The third kappa shape index (κ3) is 6.90. The maximum Gasteiger partial charge on any atom is 0.174 e. The van der Waals surface area contributed by atoms with E-state index in [0.717, 1.165) is 12.8 Å². The van der Waals surface area contributed by atoms with E-state index in [-0.39, 0.29) is 5.92 Å². The second-order valence-corrected chi connectivity index (χ2v) is 6.22. The first-order chi connectivity index (χ1) is 9.56. The molecule has 20 heavy (non-hydrogen) atoms. The average Bonchev–Trinajstić information content (AvgIpc) is 2.44. The number of methoxy groups -OCH3 is 2. The van der Waals surface area contributed by atoms with E-state index in [0.29, 0.717) is 5.92 Å². The van der Waals surface area contributed by atoms with Crippen molar-refractivity contribution in [2.24, 2.45) is 11.8 Å². The molecule has 0 amide bonds. The Labute approximate surface area is 126 Å². The zero-order valence-corrected chi connectivity index (χ0v) is 14.4. The van der Waals surface area contributed by atoms with Crippen molar-refractivity contribution in [3.8, 4) is 0 Å². The van der Waals surface area contributed by atoms with Gasteiger partial charge in [0.2, 0.25) is 0 Å². The maximum atomic E-state index is 5.75. The molecule has 0 aliphatic heterocycles. The molecule has 0 saturated carbocycles. The minimum absolute atomic E-state index is 0.270. The highest BCUT2D eigenvalue weighted by Crippen LogP contribution is 2.34. The van der Waals surface area contributed by atoms with Crippen molar-refractivity contribution in [1.29, 1.82) is 0 Å². The Kier molecular flexibility index (Phi) is 11.1. The van der Waals surface area contributed by atoms with E-state index >= 15 is 0 Å². The van der Waals surface area contributed by atoms with E-state index in [1.807, 2.05) is 6.08 Å². The second kappa shape index (κ2) is 11.3. The van der Waals surface area contributed by atoms with Crippen molar-refractivity contribution in [3.63, 3.8) is 0 Å². The number of hydrogen-bond donors (Lipinski definition) is 0. The number of rotatable bonds is 13. The lowest BCUT2D eigenvalue weighted by Gasteiger charge is -2.38. The third-order valence-corrected chi connectivity index (χ3v) is 4.10. The SMILES string of the molecule is C=CC(CCCCCCCC)C(CC(C)C)(OC)OC. The summed E-state index contributed by atoms with van der Waals surface area (Å²) in [6.07, 6.45) is 11.9. The zero-order chi connectivity index (χ0) is 15.4. The molecule has 0 radical (unpaired) electrons. The molecule has 0 fully saturated rings. The average molecular weight is 284 g/mol. The fourth-order valence-corrected chi connectivity index (χ4v) is 2.94. The molecule has 0 aromatic carbocycles. The van der Waals surface area contributed by atoms with Crippen LogP contribution in [-0.2, 0) is 9.47 Å². The second-order valence-electron chi connectivity index (χ2n) is 6.22. The van der Waals surface area contributed by atoms with Gasteiger partial charge in [0, 0.05) is 26.6 Å². The topological polar surface area (TPSA) is 18.5 Å². The Morgan fingerprint density at radius 2 is 1.55 bits per heavy atom. The molecule has 0 aromatic heterocycles. The molecule has 0 bridgehead atoms. The van der Waals surface area contributed by atoms with Crippen molar-refractivity contribution in [2.75, 3.05) is 14.2 Å². The molecular weight excluding hydrogens is 248 g/mol. The van der Waals surface area contributed by atoms with Crippen LogP contribution in [-0.4, -0.2) is 20.0 Å². The lowest BCUT2D eigenvalue weighted by atomic mass is 9.86. The predicted octanol–water partition coefficient (Wildman–Crippen LogP) is 5.57. The van der Waals surface area contributed by atoms with Gasteiger partial charge in [-0.3, -0.25) is 0 Å². The van der Waals surface area contributed by atoms with Crippen LogP contribution in [0.3, 0.4) is 0 Å². The van der Waals surface area contributed by atoms with E-state index in [1.165, 1.54) is 38.5 Å². The lowest BCUT2D eigenvalue weighted by molar-refractivity contribution is -0.240. The molecule has 0 rings (SSSR count). The minimum Gasteiger partial charge on any atom is -0.353 e. The largest absolute Gasteiger partial charge is 0.353 e. The third-order valence-electron chi connectivity index (χ3n) is 4.10. The highest BCUT2D eigenvalue weighted by atomic mass is 16.7. The van der Waals surface area contributed by atoms with Crippen LogP contribution in [0.2, 0.25) is 0 Å². The van der Waals surface area contributed by atoms with Gasteiger partial charge in [0.1, 0.15) is 0 Å². The minimum atomic E-state index is -0.501. The first-order valence-electron chi connectivity index (χ1n) is 8.29. The summed E-state index contributed by atoms with van der Waals surface area (Å²) in [5, 5.41) is 0. The Morgan fingerprint density at radius 3 is 2.00 bits per heavy atom. The van der Waals surface area contributed by atoms with Crippen molar-refractivity contribution in [2.45, 2.75) is 77.9 Å². The normalized spacial score (nSPS) is 13.7. The van der Waals surface area contributed by atoms with Gasteiger partial charge in [-0.2, -0.15) is 0 Å². The molecule has 0 saturated heterocycles. The van der Waals surface area contributed by atoms with Crippen LogP contribution in [0.15, 0.2) is 12.7 Å². The van der Waals surface area contributed by atoms with Crippen LogP contribution in [0.25, 0.3) is 0 Å². The molecule has 0 heterocycles. The fraction of sp³-hybridized carbons (Fsp3) is 0.889. The van der Waals surface area contributed by atoms with Crippen LogP contribution >= 0.6 is 0 Å². The summed E-state index contributed by atoms with van der Waals surface area (Å²) in [4.78, 5) is 0. The van der Waals surface area contributed by atoms with E-state index in [4.69, 9.17) is 9.47 Å². The summed E-state index contributed by atoms with van der Waals surface area (Å²) in [6.45, 7) is 10.7. The molecule has 1 unspecified atom stereocenters. The molecule has 0 aromatic rings. The van der Waals surface area contributed by atoms with Crippen LogP contribution in [0, 0.1) is 11.8 Å². The molecule has 0 N–H and O–H groups in total. The van der Waals surface area contributed by atoms with Crippen molar-refractivity contribution in [1.82, 2.24) is 0 Å². The Hall–Kier alpha value is -0.340. The predicted molar refractivity (Wildman–Crippen MR) is 87.9 cm³/mol. The molecule has 0 spiro atoms. The summed E-state index contributed by atoms with van der Waals surface area (Å²) >= 11 is 0. The highest BCUT2D eigenvalue weighted by Gasteiger charge is 2.37. The van der Waals surface area contributed by atoms with Gasteiger partial charge < -0.3 is 9.47 Å². The molecule has 1 atom stereocenters. The van der Waals surface area contributed by atoms with Crippen LogP contribution in [0.5, 0.6) is 0 Å². The Bertz CT molecular complexity index is 232. The summed E-state index contributed by atoms with van der Waals surface area (Å²) < 4.78 is 11.5. The molecular formula is C18H36O2. The summed E-state index contributed by atoms with van der Waals surface area (Å²) in [5.74, 6) is 0.312. The van der Waals surface area contributed by atoms with Crippen molar-refractivity contribution in [3.05, 3.63) is 12.7 Å². The van der Waals surface area contributed by atoms with Crippen LogP contribution < -0.4 is 0 Å². The Balaban J connectivity index is 4.33. The van der Waals surface area contributed by atoms with Crippen LogP contribution in [0.4, 0.5) is 0 Å². The number of unbranched alkanes of at least 4 members (excludes halogenated alkanes) is 5. The highest BCUT2D eigenvalue weighted by molar-refractivity contribution is 4.92. The van der Waals surface area contributed by atoms with Crippen LogP contribution in [0.1, 0.15) is 72.1 Å². The Morgan fingerprint density at radius 1 is 1.00 bits per heavy atom. The van der Waals surface area contributed by atoms with Gasteiger partial charge in [-0.25, -0.2) is 0 Å². The lowest BCUT2D eigenvalue weighted by Crippen LogP contribution is -2.42. The van der Waals surface area contributed by atoms with E-state index in [9.17, 15) is 0 Å². The molecule has 0 aliphatic carbocycles. The van der Waals surface area contributed by atoms with Gasteiger partial charge in [-0.05, 0) is 12.3 Å². The zero-order valence-electron chi connectivity index (χ0n) is 14.4. The number of hydrogen-bond acceptors (Lipinski definition) is 2. The first-order valence-corrected chi connectivity index (χ1v) is 8.29. The van der Waals surface area contributed by atoms with E-state index in [2.05, 4.69) is 27.4 Å². The van der Waals surface area contributed by atoms with Gasteiger partial charge in [0.05, 0.1) is 0 Å². The maximum absolute atomic E-state index is 5.75. The monoisotopic (exact) mass is 284 g/mol. The molecule has 2 nitrogen and oxygen atoms in total. The van der Waals surface area contributed by atoms with Gasteiger partial charge in [0.25, 0.3) is 0 Å². The fourth-order valence-electron chi connectivity index (χ4n) is 2.94. The van der Waals surface area contributed by atoms with Gasteiger partial charge in [0.15, 0.2) is 5.79 Å². The number of ether oxygens (including phenoxy) is 2. The first kappa shape index (κ1) is 19.7. The van der Waals surface area contributed by atoms with Gasteiger partial charge in [-0.1, -0.05) is 65.4 Å². The van der Waals surface area contributed by atoms with Crippen molar-refractivity contribution < 1.29 is 9.47 Å². The molecule has 2 heteroatoms. The van der Waals surface area contributed by atoms with Crippen molar-refractivity contribution >= 4 is 0 Å². The molecule has 0 aliphatic rings. The summed E-state index contributed by atoms with van der Waals surface area (Å²) in [5.41, 5.74) is 0. The summed E-state index contributed by atoms with van der Waals surface area (Å²) in [7, 11) is 3.51. The van der Waals surface area contributed by atoms with Gasteiger partial charge >= 0.3 is 0 Å². The van der Waals surface area contributed by atoms with Gasteiger partial charge in [-0.15, -0.1) is 6.58 Å². The quantitative estimate of drug-likeness (QED) is 0.250. The van der Waals surface area contributed by atoms with E-state index in [1.54, 1.807) is 14.2 Å². The standard InChI is InChI=1S/C18H36O2/c1-7-9-10-11-12-13-14-17(8-2)18(19-5,20-6)15-16(3)4/h8,16-17H,2,7,9-15H2,1,3-6H3. The van der Waals surface area contributed by atoms with E-state index < -0.39 is 5.79 Å². The molecule has 120 valence electrons.